The van der Waals surface area contributed by atoms with E-state index in [0.29, 0.717) is 0 Å². The normalized spacial score (nSPS) is 11.4. The summed E-state index contributed by atoms with van der Waals surface area (Å²) in [5.41, 5.74) is 1.79. The molecule has 0 aromatic heterocycles. The maximum Gasteiger partial charge on any atom is 0.409 e. The number of amides is 2. The molecule has 1 unspecified atom stereocenters. The van der Waals surface area contributed by atoms with Crippen molar-refractivity contribution in [2.45, 2.75) is 53.2 Å². The zero-order valence-electron chi connectivity index (χ0n) is 15.7. The van der Waals surface area contributed by atoms with Crippen LogP contribution in [0.25, 0.3) is 0 Å². The minimum atomic E-state index is -1.02. The van der Waals surface area contributed by atoms with Crippen LogP contribution in [-0.2, 0) is 9.53 Å². The molecule has 0 aliphatic carbocycles. The first-order chi connectivity index (χ1) is 11.6. The van der Waals surface area contributed by atoms with Crippen LogP contribution in [0.4, 0.5) is 4.79 Å². The van der Waals surface area contributed by atoms with Crippen LogP contribution in [0.1, 0.15) is 47.1 Å². The predicted molar refractivity (Wildman–Crippen MR) is 98.7 cm³/mol. The van der Waals surface area contributed by atoms with Crippen LogP contribution < -0.4 is 10.6 Å². The van der Waals surface area contributed by atoms with Gasteiger partial charge >= 0.3 is 6.09 Å². The van der Waals surface area contributed by atoms with Gasteiger partial charge in [0, 0.05) is 11.3 Å². The smallest absolute Gasteiger partial charge is 0.409 e. The number of carbonyl (C=O) groups excluding carboxylic acids is 2. The van der Waals surface area contributed by atoms with Gasteiger partial charge in [0.25, 0.3) is 5.91 Å². The number of benzene rings is 1. The number of hydrogen-bond acceptors (Lipinski definition) is 3. The zero-order chi connectivity index (χ0) is 19.0. The number of hydrogen-bond donors (Lipinski definition) is 2. The van der Waals surface area contributed by atoms with Crippen molar-refractivity contribution in [3.05, 3.63) is 47.2 Å². The average molecular weight is 342 g/mol. The topological polar surface area (TPSA) is 67.4 Å². The fourth-order valence-corrected chi connectivity index (χ4v) is 1.65. The Hall–Kier alpha value is -2.74. The van der Waals surface area contributed by atoms with E-state index in [2.05, 4.69) is 22.5 Å². The molecule has 25 heavy (non-hydrogen) atoms. The van der Waals surface area contributed by atoms with E-state index in [1.165, 1.54) is 0 Å². The monoisotopic (exact) mass is 342 g/mol. The van der Waals surface area contributed by atoms with Crippen molar-refractivity contribution in [3.8, 4) is 11.8 Å². The Morgan fingerprint density at radius 3 is 2.20 bits per heavy atom. The van der Waals surface area contributed by atoms with Gasteiger partial charge in [-0.2, -0.15) is 0 Å². The lowest BCUT2D eigenvalue weighted by molar-refractivity contribution is -0.121. The van der Waals surface area contributed by atoms with Crippen molar-refractivity contribution < 1.29 is 14.3 Å². The van der Waals surface area contributed by atoms with E-state index in [1.54, 1.807) is 27.7 Å². The summed E-state index contributed by atoms with van der Waals surface area (Å²) in [6.07, 6.45) is -0.690. The highest BCUT2D eigenvalue weighted by molar-refractivity contribution is 5.89. The Labute approximate surface area is 149 Å². The summed E-state index contributed by atoms with van der Waals surface area (Å²) >= 11 is 0. The summed E-state index contributed by atoms with van der Waals surface area (Å²) in [5.74, 6) is 5.29. The van der Waals surface area contributed by atoms with Crippen molar-refractivity contribution in [2.75, 3.05) is 0 Å². The maximum absolute atomic E-state index is 12.5. The second-order valence-electron chi connectivity index (χ2n) is 6.83. The van der Waals surface area contributed by atoms with E-state index in [-0.39, 0.29) is 0 Å². The van der Waals surface area contributed by atoms with Crippen LogP contribution in [0.3, 0.4) is 0 Å². The molecule has 2 amide bonds. The Morgan fingerprint density at radius 2 is 1.68 bits per heavy atom. The first-order valence-electron chi connectivity index (χ1n) is 8.09. The first-order valence-corrected chi connectivity index (χ1v) is 8.09. The summed E-state index contributed by atoms with van der Waals surface area (Å²) < 4.78 is 5.21. The van der Waals surface area contributed by atoms with E-state index in [0.717, 1.165) is 16.8 Å². The minimum Gasteiger partial charge on any atom is -0.444 e. The van der Waals surface area contributed by atoms with E-state index in [1.807, 2.05) is 44.2 Å². The Morgan fingerprint density at radius 1 is 1.08 bits per heavy atom. The fraction of sp³-hybridized carbons (Fsp3) is 0.400. The highest BCUT2D eigenvalue weighted by Gasteiger charge is 2.23. The van der Waals surface area contributed by atoms with Crippen LogP contribution in [0.2, 0.25) is 0 Å². The van der Waals surface area contributed by atoms with E-state index in [4.69, 9.17) is 4.74 Å². The summed E-state index contributed by atoms with van der Waals surface area (Å²) in [5, 5.41) is 5.27. The molecule has 0 heterocycles. The molecule has 1 atom stereocenters. The highest BCUT2D eigenvalue weighted by Crippen LogP contribution is 2.07. The second kappa shape index (κ2) is 8.93. The lowest BCUT2D eigenvalue weighted by Crippen LogP contribution is -2.47. The molecule has 5 heteroatoms. The van der Waals surface area contributed by atoms with Gasteiger partial charge in [-0.3, -0.25) is 10.1 Å². The van der Waals surface area contributed by atoms with Gasteiger partial charge in [0.2, 0.25) is 0 Å². The molecule has 0 radical (unpaired) electrons. The molecular weight excluding hydrogens is 316 g/mol. The predicted octanol–water partition coefficient (Wildman–Crippen LogP) is 3.36. The first kappa shape index (κ1) is 20.3. The molecule has 1 aromatic carbocycles. The van der Waals surface area contributed by atoms with Crippen molar-refractivity contribution in [2.24, 2.45) is 0 Å². The van der Waals surface area contributed by atoms with Crippen molar-refractivity contribution >= 4 is 12.0 Å². The molecule has 0 fully saturated rings. The van der Waals surface area contributed by atoms with Gasteiger partial charge in [0.05, 0.1) is 0 Å². The lowest BCUT2D eigenvalue weighted by Gasteiger charge is -2.21. The Kier molecular flexibility index (Phi) is 7.25. The minimum absolute atomic E-state index is 0.409. The fourth-order valence-electron chi connectivity index (χ4n) is 1.65. The van der Waals surface area contributed by atoms with Gasteiger partial charge in [-0.05, 0) is 53.7 Å². The van der Waals surface area contributed by atoms with Crippen LogP contribution in [0, 0.1) is 11.8 Å². The molecule has 0 saturated carbocycles. The quantitative estimate of drug-likeness (QED) is 0.828. The van der Waals surface area contributed by atoms with Crippen LogP contribution in [0.15, 0.2) is 41.6 Å². The van der Waals surface area contributed by atoms with Gasteiger partial charge in [-0.25, -0.2) is 4.79 Å². The molecule has 1 aromatic rings. The van der Waals surface area contributed by atoms with Crippen LogP contribution in [-0.4, -0.2) is 23.6 Å². The molecule has 0 aliphatic rings. The molecule has 0 spiro atoms. The molecule has 0 bridgehead atoms. The van der Waals surface area contributed by atoms with Crippen molar-refractivity contribution in [1.82, 2.24) is 10.6 Å². The number of ether oxygens (including phenoxy) is 1. The molecule has 1 rings (SSSR count). The summed E-state index contributed by atoms with van der Waals surface area (Å²) in [6, 6.07) is 8.23. The largest absolute Gasteiger partial charge is 0.444 e. The Bertz CT molecular complexity index is 700. The van der Waals surface area contributed by atoms with E-state index >= 15 is 0 Å². The Balaban J connectivity index is 2.98. The molecule has 134 valence electrons. The van der Waals surface area contributed by atoms with Crippen molar-refractivity contribution in [3.63, 3.8) is 0 Å². The average Bonchev–Trinajstić information content (AvgIpc) is 2.50. The third-order valence-corrected chi connectivity index (χ3v) is 3.12. The van der Waals surface area contributed by atoms with Crippen molar-refractivity contribution in [1.29, 1.82) is 0 Å². The molecule has 0 aliphatic heterocycles. The zero-order valence-corrected chi connectivity index (χ0v) is 15.7. The number of allylic oxidation sites excluding steroid dienone is 2. The van der Waals surface area contributed by atoms with Gasteiger partial charge in [-0.1, -0.05) is 35.6 Å². The third-order valence-electron chi connectivity index (χ3n) is 3.12. The third kappa shape index (κ3) is 8.07. The maximum atomic E-state index is 12.5. The SMILES string of the molecule is CC(C)=C(C)NC(=O)C(C#Cc1ccccc1)NC(=O)OC(C)(C)C. The second-order valence-corrected chi connectivity index (χ2v) is 6.83. The molecule has 5 nitrogen and oxygen atoms in total. The summed E-state index contributed by atoms with van der Waals surface area (Å²) in [6.45, 7) is 10.8. The molecule has 2 N–H and O–H groups in total. The summed E-state index contributed by atoms with van der Waals surface area (Å²) in [7, 11) is 0. The van der Waals surface area contributed by atoms with Gasteiger partial charge in [-0.15, -0.1) is 0 Å². The van der Waals surface area contributed by atoms with E-state index < -0.39 is 23.6 Å². The highest BCUT2D eigenvalue weighted by atomic mass is 16.6. The summed E-state index contributed by atoms with van der Waals surface area (Å²) in [4.78, 5) is 24.5. The van der Waals surface area contributed by atoms with Crippen LogP contribution >= 0.6 is 0 Å². The lowest BCUT2D eigenvalue weighted by atomic mass is 10.2. The van der Waals surface area contributed by atoms with Gasteiger partial charge < -0.3 is 10.1 Å². The molecular formula is C20H26N2O3. The van der Waals surface area contributed by atoms with Crippen LogP contribution in [0.5, 0.6) is 0 Å². The van der Waals surface area contributed by atoms with Gasteiger partial charge in [0.15, 0.2) is 6.04 Å². The van der Waals surface area contributed by atoms with Gasteiger partial charge in [0.1, 0.15) is 5.60 Å². The molecule has 0 saturated heterocycles. The number of nitrogens with one attached hydrogen (secondary N) is 2. The van der Waals surface area contributed by atoms with E-state index in [9.17, 15) is 9.59 Å². The number of rotatable bonds is 3. The number of carbonyl (C=O) groups is 2. The number of alkyl carbamates (subject to hydrolysis) is 1. The standard InChI is InChI=1S/C20H26N2O3/c1-14(2)15(3)21-18(23)17(22-19(24)25-20(4,5)6)13-12-16-10-8-7-9-11-16/h7-11,17H,1-6H3,(H,21,23)(H,22,24).